The summed E-state index contributed by atoms with van der Waals surface area (Å²) < 4.78 is 18.4. The van der Waals surface area contributed by atoms with Gasteiger partial charge in [0.05, 0.1) is 6.42 Å². The third-order valence-corrected chi connectivity index (χ3v) is 4.61. The van der Waals surface area contributed by atoms with Gasteiger partial charge in [-0.1, -0.05) is 12.1 Å². The number of rotatable bonds is 3. The average molecular weight is 277 g/mol. The molecular weight excluding hydrogens is 257 g/mol. The van der Waals surface area contributed by atoms with Crippen LogP contribution in [-0.4, -0.2) is 36.1 Å². The first-order chi connectivity index (χ1) is 9.61. The smallest absolute Gasteiger partial charge is 0.310 e. The van der Waals surface area contributed by atoms with Gasteiger partial charge in [-0.3, -0.25) is 4.79 Å². The molecule has 2 fully saturated rings. The number of esters is 1. The third-order valence-electron chi connectivity index (χ3n) is 4.61. The van der Waals surface area contributed by atoms with E-state index >= 15 is 0 Å². The number of fused-ring (bicyclic) bond motifs is 2. The van der Waals surface area contributed by atoms with Crippen molar-refractivity contribution in [3.8, 4) is 0 Å². The van der Waals surface area contributed by atoms with E-state index in [1.54, 1.807) is 12.1 Å². The molecule has 2 bridgehead atoms. The molecule has 1 aromatic rings. The van der Waals surface area contributed by atoms with E-state index in [-0.39, 0.29) is 24.3 Å². The molecule has 108 valence electrons. The number of benzene rings is 1. The van der Waals surface area contributed by atoms with Gasteiger partial charge in [-0.05, 0) is 50.4 Å². The predicted molar refractivity (Wildman–Crippen MR) is 73.8 cm³/mol. The molecule has 1 aromatic carbocycles. The molecule has 20 heavy (non-hydrogen) atoms. The van der Waals surface area contributed by atoms with Crippen LogP contribution in [0.4, 0.5) is 4.39 Å². The van der Waals surface area contributed by atoms with Crippen LogP contribution < -0.4 is 0 Å². The Morgan fingerprint density at radius 2 is 1.85 bits per heavy atom. The van der Waals surface area contributed by atoms with Gasteiger partial charge >= 0.3 is 5.97 Å². The molecule has 2 heterocycles. The molecular formula is C16H20FNO2. The van der Waals surface area contributed by atoms with Crippen LogP contribution in [0.3, 0.4) is 0 Å². The van der Waals surface area contributed by atoms with Gasteiger partial charge in [-0.25, -0.2) is 4.39 Å². The standard InChI is InChI=1S/C16H20FNO2/c1-18-13-6-7-14(18)10-15(9-13)20-16(19)8-11-2-4-12(17)5-3-11/h2-5,13-15H,6-10H2,1H3/t13-,14+,15?. The lowest BCUT2D eigenvalue weighted by Gasteiger charge is -2.35. The molecule has 0 aromatic heterocycles. The SMILES string of the molecule is CN1[C@@H]2CC[C@H]1CC(OC(=O)Cc1ccc(F)cc1)C2. The molecule has 4 heteroatoms. The fourth-order valence-corrected chi connectivity index (χ4v) is 3.45. The lowest BCUT2D eigenvalue weighted by Crippen LogP contribution is -2.43. The second kappa shape index (κ2) is 5.52. The predicted octanol–water partition coefficient (Wildman–Crippen LogP) is 2.54. The Morgan fingerprint density at radius 1 is 1.25 bits per heavy atom. The van der Waals surface area contributed by atoms with Gasteiger partial charge < -0.3 is 9.64 Å². The van der Waals surface area contributed by atoms with E-state index in [1.807, 2.05) is 0 Å². The number of carbonyl (C=O) groups excluding carboxylic acids is 1. The van der Waals surface area contributed by atoms with Gasteiger partial charge in [0.25, 0.3) is 0 Å². The summed E-state index contributed by atoms with van der Waals surface area (Å²) in [6, 6.07) is 7.15. The van der Waals surface area contributed by atoms with E-state index in [4.69, 9.17) is 4.74 Å². The maximum atomic E-state index is 12.8. The highest BCUT2D eigenvalue weighted by Crippen LogP contribution is 2.35. The number of nitrogens with zero attached hydrogens (tertiary/aromatic N) is 1. The molecule has 2 aliphatic rings. The summed E-state index contributed by atoms with van der Waals surface area (Å²) in [6.45, 7) is 0. The molecule has 0 aliphatic carbocycles. The Balaban J connectivity index is 1.53. The van der Waals surface area contributed by atoms with E-state index in [0.29, 0.717) is 12.1 Å². The minimum absolute atomic E-state index is 0.0525. The zero-order chi connectivity index (χ0) is 14.1. The van der Waals surface area contributed by atoms with Crippen molar-refractivity contribution in [2.75, 3.05) is 7.05 Å². The molecule has 2 aliphatic heterocycles. The summed E-state index contributed by atoms with van der Waals surface area (Å²) in [6.07, 6.45) is 4.60. The van der Waals surface area contributed by atoms with Crippen LogP contribution in [-0.2, 0) is 16.0 Å². The number of ether oxygens (including phenoxy) is 1. The summed E-state index contributed by atoms with van der Waals surface area (Å²) in [5.74, 6) is -0.487. The van der Waals surface area contributed by atoms with Gasteiger partial charge in [0, 0.05) is 12.1 Å². The Bertz CT molecular complexity index is 474. The second-order valence-corrected chi connectivity index (χ2v) is 5.94. The summed E-state index contributed by atoms with van der Waals surface area (Å²) in [5, 5.41) is 0. The summed E-state index contributed by atoms with van der Waals surface area (Å²) in [5.41, 5.74) is 0.798. The van der Waals surface area contributed by atoms with Crippen molar-refractivity contribution < 1.29 is 13.9 Å². The monoisotopic (exact) mass is 277 g/mol. The zero-order valence-corrected chi connectivity index (χ0v) is 11.7. The number of carbonyl (C=O) groups is 1. The number of halogens is 1. The average Bonchev–Trinajstić information content (AvgIpc) is 2.64. The number of hydrogen-bond donors (Lipinski definition) is 0. The van der Waals surface area contributed by atoms with E-state index in [9.17, 15) is 9.18 Å². The van der Waals surface area contributed by atoms with Gasteiger partial charge in [-0.15, -0.1) is 0 Å². The Kier molecular flexibility index (Phi) is 3.74. The normalized spacial score (nSPS) is 29.4. The van der Waals surface area contributed by atoms with Crippen molar-refractivity contribution in [3.05, 3.63) is 35.6 Å². The van der Waals surface area contributed by atoms with Crippen LogP contribution in [0.2, 0.25) is 0 Å². The van der Waals surface area contributed by atoms with Crippen LogP contribution in [0.25, 0.3) is 0 Å². The van der Waals surface area contributed by atoms with Gasteiger partial charge in [0.15, 0.2) is 0 Å². The number of piperidine rings is 1. The Hall–Kier alpha value is -1.42. The Labute approximate surface area is 118 Å². The zero-order valence-electron chi connectivity index (χ0n) is 11.7. The highest BCUT2D eigenvalue weighted by Gasteiger charge is 2.39. The first-order valence-corrected chi connectivity index (χ1v) is 7.27. The summed E-state index contributed by atoms with van der Waals surface area (Å²) >= 11 is 0. The van der Waals surface area contributed by atoms with E-state index in [0.717, 1.165) is 18.4 Å². The lowest BCUT2D eigenvalue weighted by atomic mass is 10.0. The van der Waals surface area contributed by atoms with Crippen LogP contribution in [0, 0.1) is 5.82 Å². The topological polar surface area (TPSA) is 29.5 Å². The molecule has 2 saturated heterocycles. The maximum Gasteiger partial charge on any atom is 0.310 e. The molecule has 3 rings (SSSR count). The minimum atomic E-state index is -0.283. The highest BCUT2D eigenvalue weighted by molar-refractivity contribution is 5.72. The maximum absolute atomic E-state index is 12.8. The fraction of sp³-hybridized carbons (Fsp3) is 0.562. The largest absolute Gasteiger partial charge is 0.462 e. The van der Waals surface area contributed by atoms with E-state index in [2.05, 4.69) is 11.9 Å². The third kappa shape index (κ3) is 2.85. The molecule has 0 saturated carbocycles. The molecule has 0 amide bonds. The summed E-state index contributed by atoms with van der Waals surface area (Å²) in [7, 11) is 2.17. The molecule has 0 spiro atoms. The number of hydrogen-bond acceptors (Lipinski definition) is 3. The van der Waals surface area contributed by atoms with E-state index in [1.165, 1.54) is 25.0 Å². The van der Waals surface area contributed by atoms with Gasteiger partial charge in [0.1, 0.15) is 11.9 Å². The van der Waals surface area contributed by atoms with Crippen LogP contribution in [0.15, 0.2) is 24.3 Å². The van der Waals surface area contributed by atoms with Crippen molar-refractivity contribution in [1.29, 1.82) is 0 Å². The first kappa shape index (κ1) is 13.6. The van der Waals surface area contributed by atoms with Crippen LogP contribution in [0.1, 0.15) is 31.2 Å². The molecule has 3 nitrogen and oxygen atoms in total. The van der Waals surface area contributed by atoms with Crippen molar-refractivity contribution in [1.82, 2.24) is 4.90 Å². The lowest BCUT2D eigenvalue weighted by molar-refractivity contribution is -0.151. The minimum Gasteiger partial charge on any atom is -0.462 e. The van der Waals surface area contributed by atoms with Crippen molar-refractivity contribution in [3.63, 3.8) is 0 Å². The molecule has 0 radical (unpaired) electrons. The molecule has 3 atom stereocenters. The van der Waals surface area contributed by atoms with Crippen molar-refractivity contribution in [2.24, 2.45) is 0 Å². The quantitative estimate of drug-likeness (QED) is 0.795. The Morgan fingerprint density at radius 3 is 2.45 bits per heavy atom. The highest BCUT2D eigenvalue weighted by atomic mass is 19.1. The second-order valence-electron chi connectivity index (χ2n) is 5.94. The van der Waals surface area contributed by atoms with Crippen LogP contribution in [0.5, 0.6) is 0 Å². The fourth-order valence-electron chi connectivity index (χ4n) is 3.45. The summed E-state index contributed by atoms with van der Waals surface area (Å²) in [4.78, 5) is 14.4. The van der Waals surface area contributed by atoms with Crippen LogP contribution >= 0.6 is 0 Å². The van der Waals surface area contributed by atoms with Crippen molar-refractivity contribution in [2.45, 2.75) is 50.3 Å². The molecule has 1 unspecified atom stereocenters. The molecule has 0 N–H and O–H groups in total. The van der Waals surface area contributed by atoms with Gasteiger partial charge in [-0.2, -0.15) is 0 Å². The van der Waals surface area contributed by atoms with E-state index < -0.39 is 0 Å². The first-order valence-electron chi connectivity index (χ1n) is 7.27. The van der Waals surface area contributed by atoms with Crippen molar-refractivity contribution >= 4 is 5.97 Å². The van der Waals surface area contributed by atoms with Gasteiger partial charge in [0.2, 0.25) is 0 Å².